The number of aryl methyl sites for hydroxylation is 1. The summed E-state index contributed by atoms with van der Waals surface area (Å²) in [4.78, 5) is 0. The predicted molar refractivity (Wildman–Crippen MR) is 75.1 cm³/mol. The molecule has 0 fully saturated rings. The second kappa shape index (κ2) is 4.51. The van der Waals surface area contributed by atoms with Gasteiger partial charge in [-0.25, -0.2) is 0 Å². The molecule has 1 aromatic heterocycles. The summed E-state index contributed by atoms with van der Waals surface area (Å²) in [5.41, 5.74) is 3.17. The highest BCUT2D eigenvalue weighted by Gasteiger charge is 2.15. The van der Waals surface area contributed by atoms with Crippen LogP contribution in [0.5, 0.6) is 0 Å². The van der Waals surface area contributed by atoms with E-state index in [1.807, 2.05) is 42.5 Å². The van der Waals surface area contributed by atoms with Gasteiger partial charge >= 0.3 is 0 Å². The third kappa shape index (κ3) is 2.02. The fourth-order valence-electron chi connectivity index (χ4n) is 2.03. The first-order valence-electron chi connectivity index (χ1n) is 5.93. The number of halogens is 1. The summed E-state index contributed by atoms with van der Waals surface area (Å²) in [5.74, 6) is 0.793. The molecule has 3 aromatic rings. The van der Waals surface area contributed by atoms with Gasteiger partial charge in [-0.3, -0.25) is 0 Å². The van der Waals surface area contributed by atoms with Crippen LogP contribution in [0.1, 0.15) is 22.3 Å². The van der Waals surface area contributed by atoms with Gasteiger partial charge < -0.3 is 4.42 Å². The fraction of sp³-hybridized carbons (Fsp3) is 0.125. The predicted octanol–water partition coefficient (Wildman–Crippen LogP) is 5.07. The molecular weight excluding hydrogens is 244 g/mol. The first-order chi connectivity index (χ1) is 8.74. The Morgan fingerprint density at radius 1 is 1.00 bits per heavy atom. The first kappa shape index (κ1) is 11.4. The van der Waals surface area contributed by atoms with E-state index in [1.165, 1.54) is 5.56 Å². The van der Waals surface area contributed by atoms with Crippen molar-refractivity contribution < 1.29 is 4.42 Å². The Kier molecular flexibility index (Phi) is 2.85. The van der Waals surface area contributed by atoms with E-state index in [2.05, 4.69) is 19.1 Å². The van der Waals surface area contributed by atoms with Gasteiger partial charge in [0.05, 0.1) is 0 Å². The van der Waals surface area contributed by atoms with Crippen molar-refractivity contribution in [2.75, 3.05) is 0 Å². The maximum atomic E-state index is 6.46. The van der Waals surface area contributed by atoms with E-state index in [4.69, 9.17) is 16.0 Å². The molecule has 0 N–H and O–H groups in total. The van der Waals surface area contributed by atoms with Crippen LogP contribution in [-0.4, -0.2) is 0 Å². The smallest absolute Gasteiger partial charge is 0.134 e. The molecule has 0 amide bonds. The Labute approximate surface area is 111 Å². The van der Waals surface area contributed by atoms with Crippen molar-refractivity contribution in [1.82, 2.24) is 0 Å². The lowest BCUT2D eigenvalue weighted by Gasteiger charge is -2.06. The van der Waals surface area contributed by atoms with Crippen molar-refractivity contribution in [2.45, 2.75) is 12.3 Å². The number of fused-ring (bicyclic) bond motifs is 1. The maximum absolute atomic E-state index is 6.46. The molecule has 1 atom stereocenters. The van der Waals surface area contributed by atoms with Gasteiger partial charge in [-0.1, -0.05) is 48.0 Å². The van der Waals surface area contributed by atoms with Crippen LogP contribution in [-0.2, 0) is 0 Å². The van der Waals surface area contributed by atoms with Gasteiger partial charge in [-0.15, -0.1) is 11.6 Å². The molecule has 0 radical (unpaired) electrons. The minimum Gasteiger partial charge on any atom is -0.459 e. The molecule has 0 spiro atoms. The summed E-state index contributed by atoms with van der Waals surface area (Å²) < 4.78 is 5.78. The lowest BCUT2D eigenvalue weighted by Crippen LogP contribution is -1.90. The molecule has 90 valence electrons. The van der Waals surface area contributed by atoms with Crippen LogP contribution in [0.2, 0.25) is 0 Å². The Bertz CT molecular complexity index is 634. The Balaban J connectivity index is 2.00. The molecule has 1 unspecified atom stereocenters. The Morgan fingerprint density at radius 3 is 2.44 bits per heavy atom. The lowest BCUT2D eigenvalue weighted by molar-refractivity contribution is 0.557. The molecule has 1 heterocycles. The molecule has 0 aliphatic rings. The van der Waals surface area contributed by atoms with E-state index < -0.39 is 0 Å². The molecule has 2 aromatic carbocycles. The molecule has 3 rings (SSSR count). The molecule has 18 heavy (non-hydrogen) atoms. The van der Waals surface area contributed by atoms with Gasteiger partial charge in [0.2, 0.25) is 0 Å². The topological polar surface area (TPSA) is 13.1 Å². The highest BCUT2D eigenvalue weighted by Crippen LogP contribution is 2.32. The zero-order chi connectivity index (χ0) is 12.5. The summed E-state index contributed by atoms with van der Waals surface area (Å²) in [6, 6.07) is 18.2. The van der Waals surface area contributed by atoms with Crippen molar-refractivity contribution in [3.05, 3.63) is 71.5 Å². The molecule has 0 bridgehead atoms. The van der Waals surface area contributed by atoms with E-state index in [1.54, 1.807) is 0 Å². The average Bonchev–Trinajstić information content (AvgIpc) is 2.82. The summed E-state index contributed by atoms with van der Waals surface area (Å²) in [7, 11) is 0. The Hall–Kier alpha value is -1.73. The molecule has 1 nitrogen and oxygen atoms in total. The summed E-state index contributed by atoms with van der Waals surface area (Å²) >= 11 is 6.46. The monoisotopic (exact) mass is 256 g/mol. The molecule has 0 aliphatic carbocycles. The van der Waals surface area contributed by atoms with Crippen LogP contribution in [0.15, 0.2) is 59.0 Å². The van der Waals surface area contributed by atoms with Gasteiger partial charge in [0.25, 0.3) is 0 Å². The highest BCUT2D eigenvalue weighted by molar-refractivity contribution is 6.22. The van der Waals surface area contributed by atoms with Crippen LogP contribution < -0.4 is 0 Å². The first-order valence-corrected chi connectivity index (χ1v) is 6.37. The van der Waals surface area contributed by atoms with Crippen LogP contribution in [0, 0.1) is 6.92 Å². The summed E-state index contributed by atoms with van der Waals surface area (Å²) in [5, 5.41) is 0.850. The molecule has 2 heteroatoms. The maximum Gasteiger partial charge on any atom is 0.134 e. The van der Waals surface area contributed by atoms with Crippen LogP contribution >= 0.6 is 11.6 Å². The van der Waals surface area contributed by atoms with E-state index in [0.29, 0.717) is 0 Å². The van der Waals surface area contributed by atoms with Gasteiger partial charge in [0.1, 0.15) is 16.7 Å². The number of hydrogen-bond acceptors (Lipinski definition) is 1. The number of alkyl halides is 1. The van der Waals surface area contributed by atoms with Crippen molar-refractivity contribution in [3.63, 3.8) is 0 Å². The van der Waals surface area contributed by atoms with E-state index in [-0.39, 0.29) is 5.38 Å². The SMILES string of the molecule is Cc1ccc(C(Cl)c2cc3ccccc3o2)cc1. The van der Waals surface area contributed by atoms with Crippen LogP contribution in [0.4, 0.5) is 0 Å². The third-order valence-electron chi connectivity index (χ3n) is 3.06. The average molecular weight is 257 g/mol. The molecule has 0 saturated carbocycles. The van der Waals surface area contributed by atoms with Crippen LogP contribution in [0.25, 0.3) is 11.0 Å². The third-order valence-corrected chi connectivity index (χ3v) is 3.53. The van der Waals surface area contributed by atoms with Gasteiger partial charge in [-0.2, -0.15) is 0 Å². The van der Waals surface area contributed by atoms with E-state index in [0.717, 1.165) is 22.3 Å². The highest BCUT2D eigenvalue weighted by atomic mass is 35.5. The number of benzene rings is 2. The van der Waals surface area contributed by atoms with E-state index >= 15 is 0 Å². The van der Waals surface area contributed by atoms with Crippen molar-refractivity contribution in [3.8, 4) is 0 Å². The second-order valence-corrected chi connectivity index (χ2v) is 4.90. The largest absolute Gasteiger partial charge is 0.459 e. The minimum atomic E-state index is -0.238. The second-order valence-electron chi connectivity index (χ2n) is 4.46. The Morgan fingerprint density at radius 2 is 1.72 bits per heavy atom. The molecule has 0 saturated heterocycles. The van der Waals surface area contributed by atoms with Gasteiger partial charge in [0.15, 0.2) is 0 Å². The normalized spacial score (nSPS) is 12.8. The van der Waals surface area contributed by atoms with Gasteiger partial charge in [0, 0.05) is 5.39 Å². The molecule has 0 aliphatic heterocycles. The minimum absolute atomic E-state index is 0.238. The van der Waals surface area contributed by atoms with Crippen molar-refractivity contribution >= 4 is 22.6 Å². The number of para-hydroxylation sites is 1. The quantitative estimate of drug-likeness (QED) is 0.584. The number of hydrogen-bond donors (Lipinski definition) is 0. The lowest BCUT2D eigenvalue weighted by atomic mass is 10.1. The van der Waals surface area contributed by atoms with Gasteiger partial charge in [-0.05, 0) is 24.6 Å². The standard InChI is InChI=1S/C16H13ClO/c1-11-6-8-12(9-7-11)16(17)15-10-13-4-2-3-5-14(13)18-15/h2-10,16H,1H3. The van der Waals surface area contributed by atoms with Crippen molar-refractivity contribution in [1.29, 1.82) is 0 Å². The summed E-state index contributed by atoms with van der Waals surface area (Å²) in [6.07, 6.45) is 0. The van der Waals surface area contributed by atoms with Crippen molar-refractivity contribution in [2.24, 2.45) is 0 Å². The zero-order valence-electron chi connectivity index (χ0n) is 10.1. The fourth-order valence-corrected chi connectivity index (χ4v) is 2.28. The van der Waals surface area contributed by atoms with Crippen LogP contribution in [0.3, 0.4) is 0 Å². The number of rotatable bonds is 2. The number of furan rings is 1. The summed E-state index contributed by atoms with van der Waals surface area (Å²) in [6.45, 7) is 2.06. The van der Waals surface area contributed by atoms with E-state index in [9.17, 15) is 0 Å². The molecular formula is C16H13ClO. The zero-order valence-corrected chi connectivity index (χ0v) is 10.8.